The highest BCUT2D eigenvalue weighted by Gasteiger charge is 2.32. The maximum absolute atomic E-state index is 13.6. The summed E-state index contributed by atoms with van der Waals surface area (Å²) in [5.41, 5.74) is 0.00310. The van der Waals surface area contributed by atoms with Crippen LogP contribution in [-0.4, -0.2) is 62.6 Å². The molecule has 2 aromatic carbocycles. The number of hydrogen-bond donors (Lipinski definition) is 1. The van der Waals surface area contributed by atoms with Crippen molar-refractivity contribution in [2.45, 2.75) is 39.3 Å². The van der Waals surface area contributed by atoms with Gasteiger partial charge in [-0.05, 0) is 31.0 Å². The predicted molar refractivity (Wildman–Crippen MR) is 141 cm³/mol. The highest BCUT2D eigenvalue weighted by Crippen LogP contribution is 2.34. The van der Waals surface area contributed by atoms with Gasteiger partial charge in [0.25, 0.3) is 5.69 Å². The third-order valence-corrected chi connectivity index (χ3v) is 7.11. The van der Waals surface area contributed by atoms with Crippen LogP contribution in [0.5, 0.6) is 5.75 Å². The molecule has 0 unspecified atom stereocenters. The number of sulfonamides is 1. The number of hydrogen-bond acceptors (Lipinski definition) is 7. The molecule has 13 heteroatoms. The van der Waals surface area contributed by atoms with Gasteiger partial charge < -0.3 is 15.0 Å². The van der Waals surface area contributed by atoms with Crippen molar-refractivity contribution in [3.63, 3.8) is 0 Å². The molecule has 0 heterocycles. The Morgan fingerprint density at radius 2 is 1.89 bits per heavy atom. The number of benzene rings is 2. The van der Waals surface area contributed by atoms with Gasteiger partial charge in [-0.15, -0.1) is 0 Å². The molecule has 0 saturated carbocycles. The molecule has 0 radical (unpaired) electrons. The molecule has 2 aromatic rings. The van der Waals surface area contributed by atoms with Gasteiger partial charge in [-0.25, -0.2) is 8.42 Å². The second kappa shape index (κ2) is 13.2. The minimum atomic E-state index is -4.11. The van der Waals surface area contributed by atoms with Crippen molar-refractivity contribution in [1.82, 2.24) is 10.2 Å². The van der Waals surface area contributed by atoms with Crippen molar-refractivity contribution in [2.24, 2.45) is 0 Å². The molecule has 1 N–H and O–H groups in total. The summed E-state index contributed by atoms with van der Waals surface area (Å²) in [4.78, 5) is 38.3. The van der Waals surface area contributed by atoms with Crippen molar-refractivity contribution in [2.75, 3.05) is 30.8 Å². The zero-order valence-corrected chi connectivity index (χ0v) is 22.7. The number of unbranched alkanes of at least 4 members (excludes halogenated alkanes) is 1. The average molecular weight is 555 g/mol. The monoisotopic (exact) mass is 554 g/mol. The maximum Gasteiger partial charge on any atom is 0.271 e. The van der Waals surface area contributed by atoms with Gasteiger partial charge in [0.1, 0.15) is 24.0 Å². The van der Waals surface area contributed by atoms with E-state index in [2.05, 4.69) is 5.32 Å². The van der Waals surface area contributed by atoms with Gasteiger partial charge in [0, 0.05) is 30.2 Å². The molecule has 0 aromatic heterocycles. The molecule has 202 valence electrons. The summed E-state index contributed by atoms with van der Waals surface area (Å²) in [7, 11) is -2.83. The van der Waals surface area contributed by atoms with Gasteiger partial charge in [0.05, 0.1) is 18.3 Å². The minimum absolute atomic E-state index is 0.0202. The van der Waals surface area contributed by atoms with E-state index < -0.39 is 39.3 Å². The number of halogens is 1. The number of nitrogens with zero attached hydrogens (tertiary/aromatic N) is 3. The average Bonchev–Trinajstić information content (AvgIpc) is 2.85. The first kappa shape index (κ1) is 29.8. The van der Waals surface area contributed by atoms with Crippen LogP contribution in [0.4, 0.5) is 11.4 Å². The van der Waals surface area contributed by atoms with E-state index in [0.717, 1.165) is 35.5 Å². The number of nitrogens with one attached hydrogen (secondary N) is 1. The quantitative estimate of drug-likeness (QED) is 0.227. The lowest BCUT2D eigenvalue weighted by atomic mass is 10.1. The topological polar surface area (TPSA) is 139 Å². The third-order valence-electron chi connectivity index (χ3n) is 5.62. The third kappa shape index (κ3) is 8.05. The van der Waals surface area contributed by atoms with Crippen LogP contribution in [0, 0.1) is 10.1 Å². The second-order valence-electron chi connectivity index (χ2n) is 8.32. The fourth-order valence-corrected chi connectivity index (χ4v) is 4.55. The summed E-state index contributed by atoms with van der Waals surface area (Å²) in [6.45, 7) is 3.14. The lowest BCUT2D eigenvalue weighted by molar-refractivity contribution is -0.384. The Morgan fingerprint density at radius 3 is 2.46 bits per heavy atom. The Morgan fingerprint density at radius 1 is 1.22 bits per heavy atom. The van der Waals surface area contributed by atoms with Gasteiger partial charge in [0.15, 0.2) is 0 Å². The fourth-order valence-electron chi connectivity index (χ4n) is 3.51. The summed E-state index contributed by atoms with van der Waals surface area (Å²) in [6.07, 6.45) is 2.49. The highest BCUT2D eigenvalue weighted by atomic mass is 35.5. The molecule has 37 heavy (non-hydrogen) atoms. The zero-order chi connectivity index (χ0) is 27.8. The van der Waals surface area contributed by atoms with Crippen molar-refractivity contribution in [1.29, 1.82) is 0 Å². The van der Waals surface area contributed by atoms with Crippen LogP contribution in [0.2, 0.25) is 5.02 Å². The number of nitro benzene ring substituents is 1. The Kier molecular flexibility index (Phi) is 10.7. The molecule has 0 spiro atoms. The molecule has 0 bridgehead atoms. The molecule has 0 aliphatic rings. The Balaban J connectivity index is 2.49. The van der Waals surface area contributed by atoms with Crippen molar-refractivity contribution < 1.29 is 27.7 Å². The molecule has 0 aliphatic carbocycles. The van der Waals surface area contributed by atoms with Gasteiger partial charge >= 0.3 is 0 Å². The lowest BCUT2D eigenvalue weighted by Crippen LogP contribution is -2.51. The van der Waals surface area contributed by atoms with Crippen molar-refractivity contribution in [3.05, 3.63) is 63.2 Å². The van der Waals surface area contributed by atoms with Gasteiger partial charge in [-0.2, -0.15) is 0 Å². The lowest BCUT2D eigenvalue weighted by Gasteiger charge is -2.32. The standard InChI is InChI=1S/C24H31ClN4O7S/c1-5-6-13-26-24(31)17(2)27(15-18-9-7-8-10-20(18)25)23(30)16-28(37(4,34)35)21-14-19(29(32)33)11-12-22(21)36-3/h7-12,14,17H,5-6,13,15-16H2,1-4H3,(H,26,31)/t17-/m0/s1. The molecule has 0 saturated heterocycles. The van der Waals surface area contributed by atoms with Crippen LogP contribution in [0.25, 0.3) is 0 Å². The van der Waals surface area contributed by atoms with Gasteiger partial charge in [0.2, 0.25) is 21.8 Å². The number of carbonyl (C=O) groups is 2. The smallest absolute Gasteiger partial charge is 0.271 e. The number of non-ortho nitro benzene ring substituents is 1. The summed E-state index contributed by atoms with van der Waals surface area (Å²) in [6, 6.07) is 9.26. The first-order valence-corrected chi connectivity index (χ1v) is 13.7. The molecule has 0 fully saturated rings. The largest absolute Gasteiger partial charge is 0.495 e. The molecule has 2 rings (SSSR count). The van der Waals surface area contributed by atoms with Crippen LogP contribution >= 0.6 is 11.6 Å². The Bertz CT molecular complexity index is 1240. The number of methoxy groups -OCH3 is 1. The van der Waals surface area contributed by atoms with Gasteiger partial charge in [-0.1, -0.05) is 43.1 Å². The Hall–Kier alpha value is -3.38. The van der Waals surface area contributed by atoms with Crippen molar-refractivity contribution in [3.8, 4) is 5.75 Å². The first-order chi connectivity index (χ1) is 17.4. The minimum Gasteiger partial charge on any atom is -0.495 e. The Labute approximate surface area is 221 Å². The van der Waals surface area contributed by atoms with Crippen LogP contribution in [-0.2, 0) is 26.2 Å². The van der Waals surface area contributed by atoms with E-state index in [9.17, 15) is 28.1 Å². The summed E-state index contributed by atoms with van der Waals surface area (Å²) >= 11 is 6.30. The number of ether oxygens (including phenoxy) is 1. The molecule has 1 atom stereocenters. The van der Waals surface area contributed by atoms with E-state index in [4.69, 9.17) is 16.3 Å². The number of carbonyl (C=O) groups excluding carboxylic acids is 2. The fraction of sp³-hybridized carbons (Fsp3) is 0.417. The van der Waals surface area contributed by atoms with Crippen LogP contribution < -0.4 is 14.4 Å². The van der Waals surface area contributed by atoms with Crippen LogP contribution in [0.15, 0.2) is 42.5 Å². The van der Waals surface area contributed by atoms with E-state index in [1.165, 1.54) is 25.0 Å². The molecule has 11 nitrogen and oxygen atoms in total. The van der Waals surface area contributed by atoms with E-state index in [1.54, 1.807) is 24.3 Å². The highest BCUT2D eigenvalue weighted by molar-refractivity contribution is 7.92. The predicted octanol–water partition coefficient (Wildman–Crippen LogP) is 3.36. The maximum atomic E-state index is 13.6. The first-order valence-electron chi connectivity index (χ1n) is 11.5. The number of anilines is 1. The van der Waals surface area contributed by atoms with Crippen molar-refractivity contribution >= 4 is 44.8 Å². The summed E-state index contributed by atoms with van der Waals surface area (Å²) in [5, 5.41) is 14.5. The SMILES string of the molecule is CCCCNC(=O)[C@H](C)N(Cc1ccccc1Cl)C(=O)CN(c1cc([N+](=O)[O-])ccc1OC)S(C)(=O)=O. The van der Waals surface area contributed by atoms with Crippen LogP contribution in [0.1, 0.15) is 32.3 Å². The molecular weight excluding hydrogens is 524 g/mol. The normalized spacial score (nSPS) is 11.9. The van der Waals surface area contributed by atoms with E-state index in [1.807, 2.05) is 6.92 Å². The summed E-state index contributed by atoms with van der Waals surface area (Å²) < 4.78 is 31.5. The van der Waals surface area contributed by atoms with E-state index in [-0.39, 0.29) is 23.7 Å². The number of nitro groups is 1. The van der Waals surface area contributed by atoms with Gasteiger partial charge in [-0.3, -0.25) is 24.0 Å². The second-order valence-corrected chi connectivity index (χ2v) is 10.6. The zero-order valence-electron chi connectivity index (χ0n) is 21.1. The van der Waals surface area contributed by atoms with Crippen LogP contribution in [0.3, 0.4) is 0 Å². The number of amides is 2. The molecule has 0 aliphatic heterocycles. The molecule has 2 amide bonds. The van der Waals surface area contributed by atoms with E-state index in [0.29, 0.717) is 17.1 Å². The molecular formula is C24H31ClN4O7S. The summed E-state index contributed by atoms with van der Waals surface area (Å²) in [5.74, 6) is -1.10. The number of rotatable bonds is 13. The van der Waals surface area contributed by atoms with E-state index >= 15 is 0 Å².